The molecule has 0 aliphatic carbocycles. The summed E-state index contributed by atoms with van der Waals surface area (Å²) >= 11 is 0. The predicted octanol–water partition coefficient (Wildman–Crippen LogP) is 3.02. The summed E-state index contributed by atoms with van der Waals surface area (Å²) in [7, 11) is 1.24. The van der Waals surface area contributed by atoms with Crippen molar-refractivity contribution < 1.29 is 14.3 Å². The van der Waals surface area contributed by atoms with Gasteiger partial charge in [0.05, 0.1) is 7.11 Å². The number of pyridine rings is 2. The highest BCUT2D eigenvalue weighted by Gasteiger charge is 2.10. The number of H-pyrrole nitrogens is 2. The molecular weight excluding hydrogens is 358 g/mol. The third-order valence-corrected chi connectivity index (χ3v) is 3.92. The van der Waals surface area contributed by atoms with Crippen LogP contribution in [-0.4, -0.2) is 39.3 Å². The lowest BCUT2D eigenvalue weighted by atomic mass is 10.1. The van der Waals surface area contributed by atoms with Crippen LogP contribution in [0, 0.1) is 11.3 Å². The third kappa shape index (κ3) is 3.78. The maximum Gasteiger partial charge on any atom is 0.348 e. The van der Waals surface area contributed by atoms with Gasteiger partial charge < -0.3 is 14.7 Å². The molecule has 0 unspecified atom stereocenters. The van der Waals surface area contributed by atoms with Crippen LogP contribution in [-0.2, 0) is 9.53 Å². The zero-order valence-corrected chi connectivity index (χ0v) is 14.8. The minimum absolute atomic E-state index is 0.0442. The van der Waals surface area contributed by atoms with Crippen LogP contribution in [0.25, 0.3) is 28.1 Å². The highest BCUT2D eigenvalue weighted by atomic mass is 16.5. The summed E-state index contributed by atoms with van der Waals surface area (Å²) in [5, 5.41) is 10.6. The van der Waals surface area contributed by atoms with Crippen molar-refractivity contribution in [1.82, 2.24) is 19.9 Å². The van der Waals surface area contributed by atoms with E-state index >= 15 is 0 Å². The van der Waals surface area contributed by atoms with Crippen LogP contribution in [0.5, 0.6) is 0 Å². The van der Waals surface area contributed by atoms with Crippen LogP contribution in [0.4, 0.5) is 0 Å². The molecule has 8 nitrogen and oxygen atoms in total. The largest absolute Gasteiger partial charge is 0.465 e. The Kier molecular flexibility index (Phi) is 5.58. The molecule has 28 heavy (non-hydrogen) atoms. The van der Waals surface area contributed by atoms with Crippen LogP contribution in [0.15, 0.2) is 54.6 Å². The maximum absolute atomic E-state index is 11.3. The van der Waals surface area contributed by atoms with Gasteiger partial charge in [-0.1, -0.05) is 0 Å². The molecule has 4 heterocycles. The van der Waals surface area contributed by atoms with Crippen LogP contribution < -0.4 is 0 Å². The first kappa shape index (κ1) is 18.5. The number of esters is 1. The summed E-state index contributed by atoms with van der Waals surface area (Å²) in [5.74, 6) is -0.647. The first-order valence-corrected chi connectivity index (χ1v) is 8.17. The van der Waals surface area contributed by atoms with Crippen molar-refractivity contribution in [1.29, 1.82) is 5.26 Å². The first-order chi connectivity index (χ1) is 13.7. The molecule has 0 saturated carbocycles. The summed E-state index contributed by atoms with van der Waals surface area (Å²) in [6.07, 6.45) is 9.00. The number of hydrogen-bond donors (Lipinski definition) is 2. The number of fused-ring (bicyclic) bond motifs is 2. The van der Waals surface area contributed by atoms with Crippen molar-refractivity contribution in [3.8, 4) is 6.07 Å². The topological polar surface area (TPSA) is 125 Å². The van der Waals surface area contributed by atoms with Crippen LogP contribution >= 0.6 is 0 Å². The fraction of sp³-hybridized carbons (Fsp3) is 0.0500. The van der Waals surface area contributed by atoms with Crippen LogP contribution in [0.2, 0.25) is 0 Å². The molecule has 4 aromatic heterocycles. The zero-order chi connectivity index (χ0) is 19.9. The van der Waals surface area contributed by atoms with Crippen molar-refractivity contribution in [2.24, 2.45) is 0 Å². The molecule has 0 saturated heterocycles. The van der Waals surface area contributed by atoms with E-state index in [4.69, 9.17) is 5.26 Å². The smallest absolute Gasteiger partial charge is 0.348 e. The van der Waals surface area contributed by atoms with Gasteiger partial charge in [0.15, 0.2) is 6.29 Å². The Bertz CT molecular complexity index is 1210. The molecule has 0 fully saturated rings. The average molecular weight is 373 g/mol. The molecule has 2 N–H and O–H groups in total. The molecule has 4 rings (SSSR count). The minimum atomic E-state index is -0.647. The summed E-state index contributed by atoms with van der Waals surface area (Å²) in [4.78, 5) is 35.7. The van der Waals surface area contributed by atoms with Crippen molar-refractivity contribution in [3.05, 3.63) is 65.8 Å². The molecule has 0 amide bonds. The Labute approximate surface area is 159 Å². The van der Waals surface area contributed by atoms with E-state index in [9.17, 15) is 9.59 Å². The second kappa shape index (κ2) is 8.42. The normalized spacial score (nSPS) is 10.8. The summed E-state index contributed by atoms with van der Waals surface area (Å²) in [6.45, 7) is 0. The lowest BCUT2D eigenvalue weighted by Gasteiger charge is -1.95. The molecule has 4 aromatic rings. The first-order valence-electron chi connectivity index (χ1n) is 8.17. The summed E-state index contributed by atoms with van der Waals surface area (Å²) in [5.41, 5.74) is 2.82. The number of aromatic nitrogens is 4. The van der Waals surface area contributed by atoms with E-state index in [1.165, 1.54) is 13.2 Å². The van der Waals surface area contributed by atoms with E-state index in [2.05, 4.69) is 24.7 Å². The van der Waals surface area contributed by atoms with Gasteiger partial charge in [0.2, 0.25) is 0 Å². The molecule has 0 aromatic carbocycles. The molecule has 0 bridgehead atoms. The fourth-order valence-electron chi connectivity index (χ4n) is 2.57. The zero-order valence-electron chi connectivity index (χ0n) is 14.8. The van der Waals surface area contributed by atoms with Crippen LogP contribution in [0.1, 0.15) is 15.9 Å². The van der Waals surface area contributed by atoms with Crippen molar-refractivity contribution in [2.75, 3.05) is 7.11 Å². The Morgan fingerprint density at radius 2 is 1.64 bits per heavy atom. The number of ether oxygens (including phenoxy) is 1. The number of carbonyl (C=O) groups is 2. The Hall–Kier alpha value is -4.25. The fourth-order valence-corrected chi connectivity index (χ4v) is 2.57. The second-order valence-electron chi connectivity index (χ2n) is 5.57. The number of nitrogens with one attached hydrogen (secondary N) is 2. The van der Waals surface area contributed by atoms with Gasteiger partial charge in [0.25, 0.3) is 0 Å². The molecule has 138 valence electrons. The van der Waals surface area contributed by atoms with Gasteiger partial charge in [-0.2, -0.15) is 5.26 Å². The molecule has 0 aliphatic heterocycles. The number of rotatable bonds is 3. The number of methoxy groups -OCH3 is 1. The Morgan fingerprint density at radius 3 is 2.18 bits per heavy atom. The molecule has 0 atom stereocenters. The number of aromatic amines is 2. The molecule has 8 heteroatoms. The maximum atomic E-state index is 11.3. The van der Waals surface area contributed by atoms with E-state index in [0.717, 1.165) is 28.3 Å². The number of carbonyl (C=O) groups excluding carboxylic acids is 2. The standard InChI is InChI=1S/C12H9N3O2.C8H6N2O/c1-17-12(16)8(6-13)5-9-7-15-11-10(9)3-2-4-14-11;11-5-6-4-10-8-7(6)2-1-3-9-8/h2-5,7H,1H3,(H,14,15);1-5H,(H,9,10). The lowest BCUT2D eigenvalue weighted by molar-refractivity contribution is -0.135. The summed E-state index contributed by atoms with van der Waals surface area (Å²) < 4.78 is 4.51. The van der Waals surface area contributed by atoms with E-state index in [1.807, 2.05) is 24.3 Å². The van der Waals surface area contributed by atoms with Gasteiger partial charge in [-0.15, -0.1) is 0 Å². The third-order valence-electron chi connectivity index (χ3n) is 3.92. The highest BCUT2D eigenvalue weighted by molar-refractivity contribution is 6.00. The number of aldehydes is 1. The lowest BCUT2D eigenvalue weighted by Crippen LogP contribution is -2.02. The molecule has 0 radical (unpaired) electrons. The molecule has 0 spiro atoms. The van der Waals surface area contributed by atoms with E-state index in [1.54, 1.807) is 30.9 Å². The number of nitrogens with zero attached hydrogens (tertiary/aromatic N) is 3. The average Bonchev–Trinajstić information content (AvgIpc) is 3.36. The van der Waals surface area contributed by atoms with E-state index < -0.39 is 5.97 Å². The van der Waals surface area contributed by atoms with Gasteiger partial charge >= 0.3 is 5.97 Å². The Morgan fingerprint density at radius 1 is 1.07 bits per heavy atom. The van der Waals surface area contributed by atoms with Gasteiger partial charge in [0.1, 0.15) is 22.9 Å². The minimum Gasteiger partial charge on any atom is -0.465 e. The van der Waals surface area contributed by atoms with Gasteiger partial charge in [0, 0.05) is 46.7 Å². The predicted molar refractivity (Wildman–Crippen MR) is 103 cm³/mol. The second-order valence-corrected chi connectivity index (χ2v) is 5.57. The van der Waals surface area contributed by atoms with Crippen molar-refractivity contribution in [2.45, 2.75) is 0 Å². The summed E-state index contributed by atoms with van der Waals surface area (Å²) in [6, 6.07) is 9.13. The van der Waals surface area contributed by atoms with Gasteiger partial charge in [-0.25, -0.2) is 14.8 Å². The quantitative estimate of drug-likeness (QED) is 0.246. The van der Waals surface area contributed by atoms with Crippen molar-refractivity contribution in [3.63, 3.8) is 0 Å². The number of hydrogen-bond acceptors (Lipinski definition) is 6. The molecular formula is C20H15N5O3. The van der Waals surface area contributed by atoms with Gasteiger partial charge in [-0.05, 0) is 30.3 Å². The van der Waals surface area contributed by atoms with Crippen molar-refractivity contribution >= 4 is 40.4 Å². The highest BCUT2D eigenvalue weighted by Crippen LogP contribution is 2.18. The molecule has 0 aliphatic rings. The SMILES string of the molecule is COC(=O)C(C#N)=Cc1c[nH]c2ncccc12.O=Cc1c[nH]c2ncccc12. The monoisotopic (exact) mass is 373 g/mol. The van der Waals surface area contributed by atoms with E-state index in [0.29, 0.717) is 11.2 Å². The van der Waals surface area contributed by atoms with Crippen LogP contribution in [0.3, 0.4) is 0 Å². The number of nitriles is 1. The Balaban J connectivity index is 0.000000176. The van der Waals surface area contributed by atoms with E-state index in [-0.39, 0.29) is 5.57 Å². The van der Waals surface area contributed by atoms with Gasteiger partial charge in [-0.3, -0.25) is 4.79 Å².